The first-order valence-corrected chi connectivity index (χ1v) is 5.71. The summed E-state index contributed by atoms with van der Waals surface area (Å²) in [6.45, 7) is 3.00. The molecular formula is C11H19NO2. The van der Waals surface area contributed by atoms with Gasteiger partial charge in [-0.1, -0.05) is 13.3 Å². The molecule has 0 aromatic heterocycles. The maximum atomic E-state index is 11.4. The Morgan fingerprint density at radius 3 is 2.64 bits per heavy atom. The lowest BCUT2D eigenvalue weighted by molar-refractivity contribution is -0.152. The van der Waals surface area contributed by atoms with Crippen molar-refractivity contribution in [3.8, 4) is 0 Å². The molecule has 0 spiro atoms. The second-order valence-corrected chi connectivity index (χ2v) is 4.57. The number of hydrogen-bond acceptors (Lipinski definition) is 2. The van der Waals surface area contributed by atoms with Gasteiger partial charge in [-0.15, -0.1) is 0 Å². The number of rotatable bonds is 3. The average molecular weight is 197 g/mol. The van der Waals surface area contributed by atoms with Gasteiger partial charge < -0.3 is 5.11 Å². The van der Waals surface area contributed by atoms with Crippen LogP contribution in [0.5, 0.6) is 0 Å². The average Bonchev–Trinajstić information content (AvgIpc) is 2.46. The first kappa shape index (κ1) is 9.97. The van der Waals surface area contributed by atoms with Crippen LogP contribution in [0, 0.1) is 0 Å². The number of likely N-dealkylation sites (tertiary alicyclic amines) is 1. The third-order valence-corrected chi connectivity index (χ3v) is 4.04. The fourth-order valence-electron chi connectivity index (χ4n) is 2.89. The molecule has 14 heavy (non-hydrogen) atoms. The summed E-state index contributed by atoms with van der Waals surface area (Å²) in [7, 11) is 0. The minimum absolute atomic E-state index is 0.523. The highest BCUT2D eigenvalue weighted by molar-refractivity contribution is 5.79. The first-order chi connectivity index (χ1) is 6.70. The second-order valence-electron chi connectivity index (χ2n) is 4.57. The lowest BCUT2D eigenvalue weighted by Gasteiger charge is -2.43. The maximum absolute atomic E-state index is 11.4. The molecule has 1 unspecified atom stereocenters. The first-order valence-electron chi connectivity index (χ1n) is 5.71. The van der Waals surface area contributed by atoms with E-state index < -0.39 is 11.5 Å². The zero-order valence-corrected chi connectivity index (χ0v) is 8.83. The van der Waals surface area contributed by atoms with E-state index in [2.05, 4.69) is 4.90 Å². The van der Waals surface area contributed by atoms with Gasteiger partial charge in [0.2, 0.25) is 0 Å². The van der Waals surface area contributed by atoms with Crippen LogP contribution in [0.3, 0.4) is 0 Å². The van der Waals surface area contributed by atoms with E-state index in [1.165, 1.54) is 19.3 Å². The fraction of sp³-hybridized carbons (Fsp3) is 0.909. The molecule has 2 fully saturated rings. The van der Waals surface area contributed by atoms with Crippen molar-refractivity contribution in [2.45, 2.75) is 57.0 Å². The number of carboxylic acids is 1. The van der Waals surface area contributed by atoms with Crippen molar-refractivity contribution in [2.75, 3.05) is 6.54 Å². The number of carboxylic acid groups (broad SMARTS) is 1. The number of hydrogen-bond donors (Lipinski definition) is 1. The van der Waals surface area contributed by atoms with Gasteiger partial charge in [0.1, 0.15) is 5.54 Å². The van der Waals surface area contributed by atoms with E-state index >= 15 is 0 Å². The van der Waals surface area contributed by atoms with Gasteiger partial charge in [-0.05, 0) is 38.6 Å². The summed E-state index contributed by atoms with van der Waals surface area (Å²) in [5.74, 6) is -0.607. The molecule has 1 saturated heterocycles. The standard InChI is InChI=1S/C11H19NO2/c1-2-11(10(13)14)7-4-8-12(11)9-5-3-6-9/h9H,2-8H2,1H3,(H,13,14). The monoisotopic (exact) mass is 197 g/mol. The Hall–Kier alpha value is -0.570. The molecule has 0 aromatic carbocycles. The van der Waals surface area contributed by atoms with E-state index in [9.17, 15) is 9.90 Å². The van der Waals surface area contributed by atoms with Gasteiger partial charge in [0.05, 0.1) is 0 Å². The third kappa shape index (κ3) is 1.26. The molecule has 2 aliphatic rings. The van der Waals surface area contributed by atoms with Crippen LogP contribution in [0.4, 0.5) is 0 Å². The van der Waals surface area contributed by atoms with Crippen LogP contribution in [0.25, 0.3) is 0 Å². The Labute approximate surface area is 85.1 Å². The quantitative estimate of drug-likeness (QED) is 0.750. The molecule has 2 rings (SSSR count). The van der Waals surface area contributed by atoms with Crippen molar-refractivity contribution in [2.24, 2.45) is 0 Å². The van der Waals surface area contributed by atoms with Crippen molar-refractivity contribution >= 4 is 5.97 Å². The summed E-state index contributed by atoms with van der Waals surface area (Å²) in [5.41, 5.74) is -0.523. The van der Waals surface area contributed by atoms with Crippen LogP contribution in [0.15, 0.2) is 0 Å². The smallest absolute Gasteiger partial charge is 0.324 e. The van der Waals surface area contributed by atoms with E-state index in [-0.39, 0.29) is 0 Å². The summed E-state index contributed by atoms with van der Waals surface area (Å²) >= 11 is 0. The Morgan fingerprint density at radius 2 is 2.21 bits per heavy atom. The Balaban J connectivity index is 2.17. The molecule has 80 valence electrons. The summed E-state index contributed by atoms with van der Waals surface area (Å²) in [6, 6.07) is 0.563. The Bertz CT molecular complexity index is 237. The van der Waals surface area contributed by atoms with Crippen LogP contribution >= 0.6 is 0 Å². The van der Waals surface area contributed by atoms with E-state index in [4.69, 9.17) is 0 Å². The van der Waals surface area contributed by atoms with E-state index in [0.717, 1.165) is 25.8 Å². The minimum Gasteiger partial charge on any atom is -0.480 e. The summed E-state index contributed by atoms with van der Waals surface area (Å²) in [4.78, 5) is 13.6. The maximum Gasteiger partial charge on any atom is 0.324 e. The molecule has 0 bridgehead atoms. The van der Waals surface area contributed by atoms with E-state index in [0.29, 0.717) is 6.04 Å². The van der Waals surface area contributed by atoms with E-state index in [1.807, 2.05) is 6.92 Å². The number of nitrogens with zero attached hydrogens (tertiary/aromatic N) is 1. The van der Waals surface area contributed by atoms with Gasteiger partial charge in [0, 0.05) is 6.04 Å². The van der Waals surface area contributed by atoms with Gasteiger partial charge in [-0.3, -0.25) is 9.69 Å². The van der Waals surface area contributed by atoms with Crippen LogP contribution in [0.2, 0.25) is 0 Å². The molecule has 1 aliphatic carbocycles. The van der Waals surface area contributed by atoms with Gasteiger partial charge in [-0.2, -0.15) is 0 Å². The Morgan fingerprint density at radius 1 is 1.50 bits per heavy atom. The van der Waals surface area contributed by atoms with Crippen molar-refractivity contribution in [1.29, 1.82) is 0 Å². The fourth-order valence-corrected chi connectivity index (χ4v) is 2.89. The molecule has 0 amide bonds. The van der Waals surface area contributed by atoms with Crippen LogP contribution in [-0.2, 0) is 4.79 Å². The predicted molar refractivity (Wildman–Crippen MR) is 54.2 cm³/mol. The molecule has 3 nitrogen and oxygen atoms in total. The topological polar surface area (TPSA) is 40.5 Å². The highest BCUT2D eigenvalue weighted by atomic mass is 16.4. The minimum atomic E-state index is -0.607. The lowest BCUT2D eigenvalue weighted by atomic mass is 9.85. The number of aliphatic carboxylic acids is 1. The summed E-state index contributed by atoms with van der Waals surface area (Å²) in [6.07, 6.45) is 6.33. The zero-order chi connectivity index (χ0) is 10.2. The molecular weight excluding hydrogens is 178 g/mol. The second kappa shape index (κ2) is 3.54. The van der Waals surface area contributed by atoms with Crippen LogP contribution in [-0.4, -0.2) is 34.1 Å². The number of carbonyl (C=O) groups is 1. The summed E-state index contributed by atoms with van der Waals surface area (Å²) < 4.78 is 0. The molecule has 1 atom stereocenters. The highest BCUT2D eigenvalue weighted by Crippen LogP contribution is 2.39. The van der Waals surface area contributed by atoms with Gasteiger partial charge in [0.15, 0.2) is 0 Å². The normalized spacial score (nSPS) is 34.4. The van der Waals surface area contributed by atoms with Gasteiger partial charge in [-0.25, -0.2) is 0 Å². The predicted octanol–water partition coefficient (Wildman–Crippen LogP) is 1.87. The third-order valence-electron chi connectivity index (χ3n) is 4.04. The Kier molecular flexibility index (Phi) is 2.52. The highest BCUT2D eigenvalue weighted by Gasteiger charge is 2.49. The molecule has 3 heteroatoms. The molecule has 0 aromatic rings. The largest absolute Gasteiger partial charge is 0.480 e. The van der Waals surface area contributed by atoms with Crippen molar-refractivity contribution in [3.63, 3.8) is 0 Å². The van der Waals surface area contributed by atoms with E-state index in [1.54, 1.807) is 0 Å². The van der Waals surface area contributed by atoms with Crippen LogP contribution in [0.1, 0.15) is 45.4 Å². The molecule has 1 N–H and O–H groups in total. The molecule has 1 heterocycles. The van der Waals surface area contributed by atoms with Gasteiger partial charge in [0.25, 0.3) is 0 Å². The zero-order valence-electron chi connectivity index (χ0n) is 8.83. The molecule has 1 aliphatic heterocycles. The van der Waals surface area contributed by atoms with Crippen molar-refractivity contribution < 1.29 is 9.90 Å². The van der Waals surface area contributed by atoms with Crippen molar-refractivity contribution in [3.05, 3.63) is 0 Å². The SMILES string of the molecule is CCC1(C(=O)O)CCCN1C1CCC1. The van der Waals surface area contributed by atoms with Gasteiger partial charge >= 0.3 is 5.97 Å². The molecule has 0 radical (unpaired) electrons. The van der Waals surface area contributed by atoms with Crippen LogP contribution < -0.4 is 0 Å². The van der Waals surface area contributed by atoms with Crippen molar-refractivity contribution in [1.82, 2.24) is 4.90 Å². The molecule has 1 saturated carbocycles. The lowest BCUT2D eigenvalue weighted by Crippen LogP contribution is -2.56. The summed E-state index contributed by atoms with van der Waals surface area (Å²) in [5, 5.41) is 9.36.